The van der Waals surface area contributed by atoms with E-state index in [1.165, 1.54) is 133 Å². The summed E-state index contributed by atoms with van der Waals surface area (Å²) in [5.41, 5.74) is 17.6. The SMILES string of the molecule is CC(C)(C)c1ccc2c(c1)B1c3c(cc(-n4c5ccccc5c5cccc(C67CCC8CCC(CC8C6)C7)c54)cc3-n3c4ccc(C(C)(C)C)cc4c4cc(C(C)(C)C)cc1c43)O2. The van der Waals surface area contributed by atoms with E-state index < -0.39 is 0 Å². The molecule has 4 unspecified atom stereocenters. The van der Waals surface area contributed by atoms with Crippen LogP contribution in [-0.2, 0) is 21.7 Å². The van der Waals surface area contributed by atoms with E-state index in [4.69, 9.17) is 4.74 Å². The summed E-state index contributed by atoms with van der Waals surface area (Å²) in [6, 6.07) is 40.9. The van der Waals surface area contributed by atoms with Crippen LogP contribution in [0.1, 0.15) is 130 Å². The quantitative estimate of drug-likeness (QED) is 0.159. The molecule has 4 atom stereocenters. The summed E-state index contributed by atoms with van der Waals surface area (Å²) >= 11 is 0. The second kappa shape index (κ2) is 12.5. The Morgan fingerprint density at radius 3 is 2.08 bits per heavy atom. The Balaban J connectivity index is 1.15. The molecule has 316 valence electrons. The Bertz CT molecular complexity index is 3280. The van der Waals surface area contributed by atoms with Gasteiger partial charge in [0.2, 0.25) is 0 Å². The average Bonchev–Trinajstić information content (AvgIpc) is 3.76. The molecule has 4 heterocycles. The number of benzene rings is 6. The molecule has 3 fully saturated rings. The fourth-order valence-corrected chi connectivity index (χ4v) is 13.9. The number of nitrogens with zero attached hydrogens (tertiary/aromatic N) is 2. The molecule has 0 spiro atoms. The number of fused-ring (bicyclic) bond motifs is 12. The summed E-state index contributed by atoms with van der Waals surface area (Å²) in [5.74, 6) is 4.61. The van der Waals surface area contributed by atoms with Gasteiger partial charge in [0.1, 0.15) is 11.5 Å². The van der Waals surface area contributed by atoms with Crippen molar-refractivity contribution < 1.29 is 4.74 Å². The first-order valence-corrected chi connectivity index (χ1v) is 24.2. The Kier molecular flexibility index (Phi) is 7.61. The molecule has 2 aliphatic heterocycles. The topological polar surface area (TPSA) is 19.1 Å². The van der Waals surface area contributed by atoms with Crippen LogP contribution in [0.25, 0.3) is 55.0 Å². The van der Waals surface area contributed by atoms with Gasteiger partial charge in [-0.15, -0.1) is 0 Å². The maximum Gasteiger partial charge on any atom is 0.256 e. The minimum Gasteiger partial charge on any atom is -0.458 e. The van der Waals surface area contributed by atoms with Crippen LogP contribution in [0.3, 0.4) is 0 Å². The van der Waals surface area contributed by atoms with Gasteiger partial charge in [-0.2, -0.15) is 0 Å². The predicted octanol–water partition coefficient (Wildman–Crippen LogP) is 13.6. The van der Waals surface area contributed by atoms with Gasteiger partial charge in [-0.3, -0.25) is 0 Å². The lowest BCUT2D eigenvalue weighted by Crippen LogP contribution is -2.58. The van der Waals surface area contributed by atoms with Crippen molar-refractivity contribution in [2.75, 3.05) is 0 Å². The fourth-order valence-electron chi connectivity index (χ4n) is 13.9. The second-order valence-electron chi connectivity index (χ2n) is 23.9. The van der Waals surface area contributed by atoms with Gasteiger partial charge in [-0.05, 0) is 153 Å². The molecule has 5 aliphatic rings. The lowest BCUT2D eigenvalue weighted by molar-refractivity contribution is 0.0102. The number of hydrogen-bond donors (Lipinski definition) is 0. The smallest absolute Gasteiger partial charge is 0.256 e. The van der Waals surface area contributed by atoms with Crippen molar-refractivity contribution in [3.63, 3.8) is 0 Å². The van der Waals surface area contributed by atoms with Crippen molar-refractivity contribution in [2.24, 2.45) is 17.8 Å². The van der Waals surface area contributed by atoms with Crippen LogP contribution in [0.4, 0.5) is 0 Å². The Labute approximate surface area is 373 Å². The van der Waals surface area contributed by atoms with E-state index in [9.17, 15) is 0 Å². The molecule has 4 heteroatoms. The predicted molar refractivity (Wildman–Crippen MR) is 267 cm³/mol. The zero-order valence-electron chi connectivity index (χ0n) is 38.9. The molecule has 3 bridgehead atoms. The fraction of sp³-hybridized carbons (Fsp3) is 0.390. The average molecular weight is 825 g/mol. The molecule has 3 saturated carbocycles. The highest BCUT2D eigenvalue weighted by atomic mass is 16.5. The summed E-state index contributed by atoms with van der Waals surface area (Å²) in [4.78, 5) is 0. The lowest BCUT2D eigenvalue weighted by atomic mass is 9.34. The highest BCUT2D eigenvalue weighted by Crippen LogP contribution is 2.60. The molecule has 13 rings (SSSR count). The van der Waals surface area contributed by atoms with E-state index >= 15 is 0 Å². The van der Waals surface area contributed by atoms with Crippen LogP contribution in [0, 0.1) is 17.8 Å². The van der Waals surface area contributed by atoms with Gasteiger partial charge >= 0.3 is 0 Å². The van der Waals surface area contributed by atoms with Crippen LogP contribution in [0.15, 0.2) is 103 Å². The van der Waals surface area contributed by atoms with E-state index in [1.54, 1.807) is 5.56 Å². The van der Waals surface area contributed by atoms with Crippen LogP contribution >= 0.6 is 0 Å². The Morgan fingerprint density at radius 2 is 1.27 bits per heavy atom. The van der Waals surface area contributed by atoms with E-state index in [2.05, 4.69) is 175 Å². The molecular weight excluding hydrogens is 763 g/mol. The summed E-state index contributed by atoms with van der Waals surface area (Å²) in [7, 11) is 0. The van der Waals surface area contributed by atoms with Crippen molar-refractivity contribution in [2.45, 2.75) is 129 Å². The minimum atomic E-state index is -0.0288. The van der Waals surface area contributed by atoms with Crippen molar-refractivity contribution in [1.82, 2.24) is 9.13 Å². The highest BCUT2D eigenvalue weighted by Gasteiger charge is 2.51. The molecular formula is C59H61BN2O. The van der Waals surface area contributed by atoms with E-state index in [0.29, 0.717) is 0 Å². The monoisotopic (exact) mass is 824 g/mol. The summed E-state index contributed by atoms with van der Waals surface area (Å²) in [6.45, 7) is 21.2. The number of ether oxygens (including phenoxy) is 1. The second-order valence-corrected chi connectivity index (χ2v) is 23.9. The van der Waals surface area contributed by atoms with Crippen molar-refractivity contribution in [3.05, 3.63) is 125 Å². The van der Waals surface area contributed by atoms with Gasteiger partial charge < -0.3 is 13.9 Å². The first-order chi connectivity index (χ1) is 30.1. The first-order valence-electron chi connectivity index (χ1n) is 24.2. The third kappa shape index (κ3) is 5.33. The van der Waals surface area contributed by atoms with E-state index in [-0.39, 0.29) is 28.4 Å². The highest BCUT2D eigenvalue weighted by molar-refractivity contribution is 6.99. The van der Waals surface area contributed by atoms with Gasteiger partial charge in [0, 0.05) is 38.8 Å². The first kappa shape index (κ1) is 38.3. The Hall–Kier alpha value is -5.22. The minimum absolute atomic E-state index is 0.00146. The standard InChI is InChI=1S/C59H61BN2O/c1-56(2,3)37-19-21-49-43(26-37)44-27-39(58(7,8)9)29-47-55(44)62(49)50-30-40(31-52-53(50)60(47)46-28-38(57(4,5)6)20-22-51(46)63-52)61-48-16-11-10-13-41(48)42-14-12-15-45(54(42)61)59-24-23-35-18-17-34(32-59)25-36(35)33-59/h10-16,19-22,26-31,34-36H,17-18,23-25,32-33H2,1-9H3. The van der Waals surface area contributed by atoms with Crippen molar-refractivity contribution in [3.8, 4) is 22.9 Å². The lowest BCUT2D eigenvalue weighted by Gasteiger charge is -2.55. The summed E-state index contributed by atoms with van der Waals surface area (Å²) in [5, 5.41) is 5.41. The number of aromatic nitrogens is 2. The number of rotatable bonds is 2. The molecule has 0 saturated heterocycles. The molecule has 63 heavy (non-hydrogen) atoms. The van der Waals surface area contributed by atoms with Crippen molar-refractivity contribution in [1.29, 1.82) is 0 Å². The third-order valence-corrected chi connectivity index (χ3v) is 17.1. The largest absolute Gasteiger partial charge is 0.458 e. The maximum atomic E-state index is 7.33. The van der Waals surface area contributed by atoms with Crippen LogP contribution in [0.2, 0.25) is 0 Å². The number of hydrogen-bond acceptors (Lipinski definition) is 1. The molecule has 0 amide bonds. The van der Waals surface area contributed by atoms with Crippen LogP contribution < -0.4 is 21.1 Å². The van der Waals surface area contributed by atoms with Gasteiger partial charge in [0.25, 0.3) is 6.71 Å². The molecule has 3 nitrogen and oxygen atoms in total. The molecule has 6 aromatic carbocycles. The van der Waals surface area contributed by atoms with Crippen molar-refractivity contribution >= 4 is 66.7 Å². The molecule has 0 N–H and O–H groups in total. The summed E-state index contributed by atoms with van der Waals surface area (Å²) in [6.07, 6.45) is 9.70. The molecule has 2 aromatic heterocycles. The van der Waals surface area contributed by atoms with Gasteiger partial charge in [0.05, 0.1) is 22.2 Å². The van der Waals surface area contributed by atoms with Crippen LogP contribution in [0.5, 0.6) is 11.5 Å². The molecule has 3 aliphatic carbocycles. The van der Waals surface area contributed by atoms with Gasteiger partial charge in [-0.1, -0.05) is 129 Å². The normalized spacial score (nSPS) is 22.6. The number of para-hydroxylation sites is 2. The maximum absolute atomic E-state index is 7.33. The zero-order valence-corrected chi connectivity index (χ0v) is 38.9. The van der Waals surface area contributed by atoms with E-state index in [1.807, 2.05) is 0 Å². The molecule has 0 radical (unpaired) electrons. The van der Waals surface area contributed by atoms with Gasteiger partial charge in [0.15, 0.2) is 0 Å². The molecule has 8 aromatic rings. The van der Waals surface area contributed by atoms with Gasteiger partial charge in [-0.25, -0.2) is 0 Å². The van der Waals surface area contributed by atoms with E-state index in [0.717, 1.165) is 29.3 Å². The van der Waals surface area contributed by atoms with Crippen LogP contribution in [-0.4, -0.2) is 15.8 Å². The Morgan fingerprint density at radius 1 is 0.556 bits per heavy atom. The summed E-state index contributed by atoms with van der Waals surface area (Å²) < 4.78 is 12.6. The third-order valence-electron chi connectivity index (χ3n) is 17.1. The zero-order chi connectivity index (χ0) is 43.1.